The third-order valence-electron chi connectivity index (χ3n) is 2.42. The van der Waals surface area contributed by atoms with Crippen LogP contribution in [0.15, 0.2) is 12.1 Å². The molecule has 1 aromatic carbocycles. The van der Waals surface area contributed by atoms with Crippen molar-refractivity contribution < 1.29 is 4.79 Å². The van der Waals surface area contributed by atoms with E-state index in [1.165, 1.54) is 5.56 Å². The van der Waals surface area contributed by atoms with Gasteiger partial charge in [0, 0.05) is 12.1 Å². The van der Waals surface area contributed by atoms with Gasteiger partial charge < -0.3 is 5.32 Å². The summed E-state index contributed by atoms with van der Waals surface area (Å²) in [6.45, 7) is 8.13. The number of hydrogen-bond donors (Lipinski definition) is 1. The molecule has 0 aliphatic rings. The van der Waals surface area contributed by atoms with E-state index in [9.17, 15) is 4.79 Å². The molecule has 0 aromatic heterocycles. The van der Waals surface area contributed by atoms with Gasteiger partial charge in [0.1, 0.15) is 0 Å². The van der Waals surface area contributed by atoms with Crippen LogP contribution in [0.3, 0.4) is 0 Å². The first-order valence-electron chi connectivity index (χ1n) is 5.42. The van der Waals surface area contributed by atoms with E-state index >= 15 is 0 Å². The Morgan fingerprint density at radius 2 is 1.73 bits per heavy atom. The molecule has 0 spiro atoms. The van der Waals surface area contributed by atoms with Gasteiger partial charge in [0.2, 0.25) is 5.91 Å². The highest BCUT2D eigenvalue weighted by Gasteiger charge is 2.06. The molecule has 1 N–H and O–H groups in total. The number of benzene rings is 1. The van der Waals surface area contributed by atoms with Crippen LogP contribution < -0.4 is 5.32 Å². The SMILES string of the molecule is CCCC(=O)Nc1c(C)cc(C)cc1C. The van der Waals surface area contributed by atoms with Crippen LogP contribution in [0.1, 0.15) is 36.5 Å². The molecule has 0 bridgehead atoms. The maximum atomic E-state index is 11.5. The molecular weight excluding hydrogens is 186 g/mol. The normalized spacial score (nSPS) is 10.1. The molecule has 0 radical (unpaired) electrons. The van der Waals surface area contributed by atoms with Crippen LogP contribution in [0.5, 0.6) is 0 Å². The van der Waals surface area contributed by atoms with E-state index < -0.39 is 0 Å². The predicted octanol–water partition coefficient (Wildman–Crippen LogP) is 3.35. The van der Waals surface area contributed by atoms with Gasteiger partial charge in [-0.25, -0.2) is 0 Å². The first kappa shape index (κ1) is 11.8. The number of amides is 1. The van der Waals surface area contributed by atoms with Crippen LogP contribution >= 0.6 is 0 Å². The summed E-state index contributed by atoms with van der Waals surface area (Å²) in [4.78, 5) is 11.5. The predicted molar refractivity (Wildman–Crippen MR) is 64.2 cm³/mol. The van der Waals surface area contributed by atoms with Crippen LogP contribution in [0.4, 0.5) is 5.69 Å². The van der Waals surface area contributed by atoms with Gasteiger partial charge in [-0.2, -0.15) is 0 Å². The van der Waals surface area contributed by atoms with Gasteiger partial charge in [-0.1, -0.05) is 24.6 Å². The number of aryl methyl sites for hydroxylation is 3. The van der Waals surface area contributed by atoms with Crippen LogP contribution in [0.2, 0.25) is 0 Å². The van der Waals surface area contributed by atoms with E-state index in [0.29, 0.717) is 6.42 Å². The van der Waals surface area contributed by atoms with Gasteiger partial charge >= 0.3 is 0 Å². The van der Waals surface area contributed by atoms with Crippen molar-refractivity contribution in [3.05, 3.63) is 28.8 Å². The molecule has 0 saturated heterocycles. The molecule has 2 heteroatoms. The number of hydrogen-bond acceptors (Lipinski definition) is 1. The zero-order chi connectivity index (χ0) is 11.4. The standard InChI is InChI=1S/C13H19NO/c1-5-6-12(15)14-13-10(3)7-9(2)8-11(13)4/h7-8H,5-6H2,1-4H3,(H,14,15). The maximum absolute atomic E-state index is 11.5. The number of rotatable bonds is 3. The average Bonchev–Trinajstić information content (AvgIpc) is 2.11. The minimum atomic E-state index is 0.104. The fourth-order valence-corrected chi connectivity index (χ4v) is 1.81. The molecule has 0 atom stereocenters. The van der Waals surface area contributed by atoms with Crippen molar-refractivity contribution in [3.8, 4) is 0 Å². The summed E-state index contributed by atoms with van der Waals surface area (Å²) in [7, 11) is 0. The van der Waals surface area contributed by atoms with E-state index in [1.54, 1.807) is 0 Å². The molecular formula is C13H19NO. The molecule has 82 valence electrons. The number of nitrogens with one attached hydrogen (secondary N) is 1. The van der Waals surface area contributed by atoms with E-state index in [0.717, 1.165) is 23.2 Å². The average molecular weight is 205 g/mol. The molecule has 1 rings (SSSR count). The molecule has 1 amide bonds. The van der Waals surface area contributed by atoms with Crippen LogP contribution in [-0.2, 0) is 4.79 Å². The summed E-state index contributed by atoms with van der Waals surface area (Å²) < 4.78 is 0. The summed E-state index contributed by atoms with van der Waals surface area (Å²) in [5, 5.41) is 2.97. The van der Waals surface area contributed by atoms with E-state index in [2.05, 4.69) is 24.4 Å². The Labute approximate surface area is 91.7 Å². The fraction of sp³-hybridized carbons (Fsp3) is 0.462. The largest absolute Gasteiger partial charge is 0.326 e. The molecule has 0 unspecified atom stereocenters. The second kappa shape index (κ2) is 4.96. The summed E-state index contributed by atoms with van der Waals surface area (Å²) in [6, 6.07) is 4.18. The number of anilines is 1. The zero-order valence-corrected chi connectivity index (χ0v) is 9.98. The lowest BCUT2D eigenvalue weighted by atomic mass is 10.0. The Bertz CT molecular complexity index is 346. The lowest BCUT2D eigenvalue weighted by Crippen LogP contribution is -2.12. The Morgan fingerprint density at radius 3 is 2.20 bits per heavy atom. The molecule has 0 fully saturated rings. The highest BCUT2D eigenvalue weighted by atomic mass is 16.1. The van der Waals surface area contributed by atoms with Crippen molar-refractivity contribution in [1.82, 2.24) is 0 Å². The molecule has 0 aliphatic carbocycles. The van der Waals surface area contributed by atoms with Crippen molar-refractivity contribution in [3.63, 3.8) is 0 Å². The van der Waals surface area contributed by atoms with Gasteiger partial charge in [0.15, 0.2) is 0 Å². The minimum Gasteiger partial charge on any atom is -0.326 e. The Kier molecular flexibility index (Phi) is 3.89. The second-order valence-corrected chi connectivity index (χ2v) is 4.07. The van der Waals surface area contributed by atoms with Crippen molar-refractivity contribution >= 4 is 11.6 Å². The van der Waals surface area contributed by atoms with E-state index in [-0.39, 0.29) is 5.91 Å². The number of carbonyl (C=O) groups is 1. The first-order chi connectivity index (χ1) is 7.04. The lowest BCUT2D eigenvalue weighted by molar-refractivity contribution is -0.116. The summed E-state index contributed by atoms with van der Waals surface area (Å²) in [5.74, 6) is 0.104. The summed E-state index contributed by atoms with van der Waals surface area (Å²) >= 11 is 0. The quantitative estimate of drug-likeness (QED) is 0.805. The highest BCUT2D eigenvalue weighted by molar-refractivity contribution is 5.92. The molecule has 0 heterocycles. The van der Waals surface area contributed by atoms with Gasteiger partial charge in [0.25, 0.3) is 0 Å². The number of carbonyl (C=O) groups excluding carboxylic acids is 1. The van der Waals surface area contributed by atoms with E-state index in [4.69, 9.17) is 0 Å². The third-order valence-corrected chi connectivity index (χ3v) is 2.42. The topological polar surface area (TPSA) is 29.1 Å². The highest BCUT2D eigenvalue weighted by Crippen LogP contribution is 2.22. The smallest absolute Gasteiger partial charge is 0.224 e. The minimum absolute atomic E-state index is 0.104. The summed E-state index contributed by atoms with van der Waals surface area (Å²) in [5.41, 5.74) is 4.48. The fourth-order valence-electron chi connectivity index (χ4n) is 1.81. The van der Waals surface area contributed by atoms with Crippen molar-refractivity contribution in [2.75, 3.05) is 5.32 Å². The second-order valence-electron chi connectivity index (χ2n) is 4.07. The van der Waals surface area contributed by atoms with Gasteiger partial charge in [-0.3, -0.25) is 4.79 Å². The zero-order valence-electron chi connectivity index (χ0n) is 9.98. The van der Waals surface area contributed by atoms with Crippen molar-refractivity contribution in [1.29, 1.82) is 0 Å². The van der Waals surface area contributed by atoms with Crippen LogP contribution in [-0.4, -0.2) is 5.91 Å². The van der Waals surface area contributed by atoms with Gasteiger partial charge in [-0.15, -0.1) is 0 Å². The monoisotopic (exact) mass is 205 g/mol. The van der Waals surface area contributed by atoms with Crippen molar-refractivity contribution in [2.45, 2.75) is 40.5 Å². The Balaban J connectivity index is 2.90. The lowest BCUT2D eigenvalue weighted by Gasteiger charge is -2.12. The molecule has 15 heavy (non-hydrogen) atoms. The van der Waals surface area contributed by atoms with Crippen LogP contribution in [0.25, 0.3) is 0 Å². The molecule has 0 saturated carbocycles. The molecule has 1 aromatic rings. The Morgan fingerprint density at radius 1 is 1.20 bits per heavy atom. The molecule has 0 aliphatic heterocycles. The Hall–Kier alpha value is -1.31. The van der Waals surface area contributed by atoms with Gasteiger partial charge in [-0.05, 0) is 38.3 Å². The van der Waals surface area contributed by atoms with Crippen molar-refractivity contribution in [2.24, 2.45) is 0 Å². The van der Waals surface area contributed by atoms with Crippen LogP contribution in [0, 0.1) is 20.8 Å². The summed E-state index contributed by atoms with van der Waals surface area (Å²) in [6.07, 6.45) is 1.47. The first-order valence-corrected chi connectivity index (χ1v) is 5.42. The molecule has 2 nitrogen and oxygen atoms in total. The van der Waals surface area contributed by atoms with Gasteiger partial charge in [0.05, 0.1) is 0 Å². The third kappa shape index (κ3) is 3.08. The maximum Gasteiger partial charge on any atom is 0.224 e. The van der Waals surface area contributed by atoms with E-state index in [1.807, 2.05) is 20.8 Å².